The van der Waals surface area contributed by atoms with Gasteiger partial charge in [-0.2, -0.15) is 0 Å². The van der Waals surface area contributed by atoms with E-state index in [1.165, 1.54) is 4.90 Å². The fourth-order valence-electron chi connectivity index (χ4n) is 2.00. The number of amides is 2. The first kappa shape index (κ1) is 14.1. The number of benzene rings is 1. The molecule has 2 rings (SSSR count). The van der Waals surface area contributed by atoms with E-state index >= 15 is 0 Å². The Morgan fingerprint density at radius 2 is 2.25 bits per heavy atom. The summed E-state index contributed by atoms with van der Waals surface area (Å²) in [7, 11) is 3.37. The van der Waals surface area contributed by atoms with Gasteiger partial charge in [0.05, 0.1) is 11.0 Å². The Labute approximate surface area is 117 Å². The summed E-state index contributed by atoms with van der Waals surface area (Å²) < 4.78 is 1.88. The van der Waals surface area contributed by atoms with Crippen molar-refractivity contribution in [1.82, 2.24) is 19.8 Å². The largest absolute Gasteiger partial charge is 0.399 e. The van der Waals surface area contributed by atoms with Crippen molar-refractivity contribution in [3.05, 3.63) is 24.0 Å². The molecule has 7 heteroatoms. The van der Waals surface area contributed by atoms with E-state index in [0.717, 1.165) is 11.0 Å². The van der Waals surface area contributed by atoms with Crippen molar-refractivity contribution in [2.75, 3.05) is 26.4 Å². The fourth-order valence-corrected chi connectivity index (χ4v) is 2.00. The molecule has 108 valence electrons. The van der Waals surface area contributed by atoms with Gasteiger partial charge in [0.15, 0.2) is 0 Å². The van der Waals surface area contributed by atoms with Gasteiger partial charge in [0, 0.05) is 32.9 Å². The summed E-state index contributed by atoms with van der Waals surface area (Å²) in [6.07, 6.45) is 0. The maximum Gasteiger partial charge on any atom is 0.316 e. The molecule has 0 aliphatic rings. The number of aliphatic hydroxyl groups is 1. The number of nitrogens with one attached hydrogen (secondary N) is 1. The predicted molar refractivity (Wildman–Crippen MR) is 77.2 cm³/mol. The highest BCUT2D eigenvalue weighted by atomic mass is 16.3. The van der Waals surface area contributed by atoms with E-state index in [1.807, 2.05) is 10.6 Å². The molecule has 0 aliphatic heterocycles. The van der Waals surface area contributed by atoms with Crippen LogP contribution in [0.4, 0.5) is 10.5 Å². The van der Waals surface area contributed by atoms with E-state index in [1.54, 1.807) is 26.2 Å². The molecular formula is C13H19N5O2. The average molecular weight is 277 g/mol. The zero-order chi connectivity index (χ0) is 14.7. The van der Waals surface area contributed by atoms with Gasteiger partial charge in [-0.05, 0) is 18.2 Å². The van der Waals surface area contributed by atoms with Crippen molar-refractivity contribution in [2.45, 2.75) is 13.2 Å². The molecule has 1 heterocycles. The SMILES string of the molecule is CN(C)C(=O)NCCn1c(CO)nc2cc(N)ccc21. The quantitative estimate of drug-likeness (QED) is 0.704. The van der Waals surface area contributed by atoms with Crippen LogP contribution in [0.2, 0.25) is 0 Å². The molecule has 4 N–H and O–H groups in total. The zero-order valence-electron chi connectivity index (χ0n) is 11.6. The summed E-state index contributed by atoms with van der Waals surface area (Å²) in [6, 6.07) is 5.28. The number of aliphatic hydroxyl groups excluding tert-OH is 1. The number of aromatic nitrogens is 2. The predicted octanol–water partition coefficient (Wildman–Crippen LogP) is 0.382. The Kier molecular flexibility index (Phi) is 4.09. The molecule has 2 amide bonds. The highest BCUT2D eigenvalue weighted by molar-refractivity contribution is 5.79. The Morgan fingerprint density at radius 3 is 2.90 bits per heavy atom. The fraction of sp³-hybridized carbons (Fsp3) is 0.385. The smallest absolute Gasteiger partial charge is 0.316 e. The Balaban J connectivity index is 2.18. The third-order valence-electron chi connectivity index (χ3n) is 3.01. The molecule has 1 aromatic carbocycles. The van der Waals surface area contributed by atoms with Gasteiger partial charge in [0.1, 0.15) is 12.4 Å². The Bertz CT molecular complexity index is 620. The molecule has 0 unspecified atom stereocenters. The average Bonchev–Trinajstić information content (AvgIpc) is 2.75. The Morgan fingerprint density at radius 1 is 1.50 bits per heavy atom. The van der Waals surface area contributed by atoms with Gasteiger partial charge in [0.2, 0.25) is 0 Å². The van der Waals surface area contributed by atoms with Crippen LogP contribution in [0.15, 0.2) is 18.2 Å². The monoisotopic (exact) mass is 277 g/mol. The van der Waals surface area contributed by atoms with Crippen LogP contribution in [0.3, 0.4) is 0 Å². The van der Waals surface area contributed by atoms with Crippen LogP contribution in [0, 0.1) is 0 Å². The van der Waals surface area contributed by atoms with Crippen LogP contribution in [-0.2, 0) is 13.2 Å². The second-order valence-corrected chi connectivity index (χ2v) is 4.71. The first-order valence-electron chi connectivity index (χ1n) is 6.33. The van der Waals surface area contributed by atoms with E-state index in [0.29, 0.717) is 24.6 Å². The van der Waals surface area contributed by atoms with Gasteiger partial charge in [0.25, 0.3) is 0 Å². The van der Waals surface area contributed by atoms with Gasteiger partial charge < -0.3 is 25.6 Å². The second-order valence-electron chi connectivity index (χ2n) is 4.71. The van der Waals surface area contributed by atoms with Crippen LogP contribution in [0.25, 0.3) is 11.0 Å². The van der Waals surface area contributed by atoms with Gasteiger partial charge in [-0.25, -0.2) is 9.78 Å². The van der Waals surface area contributed by atoms with E-state index in [-0.39, 0.29) is 12.6 Å². The zero-order valence-corrected chi connectivity index (χ0v) is 11.6. The third-order valence-corrected chi connectivity index (χ3v) is 3.01. The highest BCUT2D eigenvalue weighted by Crippen LogP contribution is 2.19. The van der Waals surface area contributed by atoms with Crippen molar-refractivity contribution in [3.8, 4) is 0 Å². The Hall–Kier alpha value is -2.28. The lowest BCUT2D eigenvalue weighted by Gasteiger charge is -2.13. The number of nitrogens with zero attached hydrogens (tertiary/aromatic N) is 3. The number of carbonyl (C=O) groups is 1. The number of anilines is 1. The van der Waals surface area contributed by atoms with Crippen molar-refractivity contribution in [1.29, 1.82) is 0 Å². The van der Waals surface area contributed by atoms with Crippen molar-refractivity contribution in [2.24, 2.45) is 0 Å². The molecule has 7 nitrogen and oxygen atoms in total. The number of nitrogen functional groups attached to an aromatic ring is 1. The second kappa shape index (κ2) is 5.79. The lowest BCUT2D eigenvalue weighted by molar-refractivity contribution is 0.217. The number of hydrogen-bond donors (Lipinski definition) is 3. The number of hydrogen-bond acceptors (Lipinski definition) is 4. The maximum atomic E-state index is 11.5. The van der Waals surface area contributed by atoms with Gasteiger partial charge in [-0.1, -0.05) is 0 Å². The minimum Gasteiger partial charge on any atom is -0.399 e. The number of urea groups is 1. The van der Waals surface area contributed by atoms with E-state index < -0.39 is 0 Å². The summed E-state index contributed by atoms with van der Waals surface area (Å²) in [5.41, 5.74) is 7.99. The van der Waals surface area contributed by atoms with Gasteiger partial charge in [-0.15, -0.1) is 0 Å². The molecule has 0 fully saturated rings. The lowest BCUT2D eigenvalue weighted by atomic mass is 10.3. The maximum absolute atomic E-state index is 11.5. The summed E-state index contributed by atoms with van der Waals surface area (Å²) >= 11 is 0. The molecule has 0 saturated carbocycles. The van der Waals surface area contributed by atoms with Crippen molar-refractivity contribution in [3.63, 3.8) is 0 Å². The van der Waals surface area contributed by atoms with E-state index in [2.05, 4.69) is 10.3 Å². The van der Waals surface area contributed by atoms with Crippen LogP contribution < -0.4 is 11.1 Å². The van der Waals surface area contributed by atoms with Crippen LogP contribution in [0.5, 0.6) is 0 Å². The normalized spacial score (nSPS) is 10.8. The first-order valence-corrected chi connectivity index (χ1v) is 6.33. The summed E-state index contributed by atoms with van der Waals surface area (Å²) in [5, 5.41) is 12.2. The number of imidazole rings is 1. The molecule has 0 radical (unpaired) electrons. The standard InChI is InChI=1S/C13H19N5O2/c1-17(2)13(20)15-5-6-18-11-4-3-9(14)7-10(11)16-12(18)8-19/h3-4,7,19H,5-6,8,14H2,1-2H3,(H,15,20). The van der Waals surface area contributed by atoms with Crippen molar-refractivity contribution >= 4 is 22.8 Å². The molecule has 2 aromatic rings. The number of fused-ring (bicyclic) bond motifs is 1. The molecule has 0 atom stereocenters. The topological polar surface area (TPSA) is 96.4 Å². The minimum atomic E-state index is -0.157. The molecule has 20 heavy (non-hydrogen) atoms. The van der Waals surface area contributed by atoms with Gasteiger partial charge >= 0.3 is 6.03 Å². The molecule has 0 aliphatic carbocycles. The number of carbonyl (C=O) groups excluding carboxylic acids is 1. The molecule has 0 spiro atoms. The van der Waals surface area contributed by atoms with Crippen LogP contribution in [0.1, 0.15) is 5.82 Å². The first-order chi connectivity index (χ1) is 9.52. The van der Waals surface area contributed by atoms with Crippen LogP contribution in [-0.4, -0.2) is 46.2 Å². The summed E-state index contributed by atoms with van der Waals surface area (Å²) in [5.74, 6) is 0.560. The molecule has 0 saturated heterocycles. The lowest BCUT2D eigenvalue weighted by Crippen LogP contribution is -2.36. The van der Waals surface area contributed by atoms with Crippen LogP contribution >= 0.6 is 0 Å². The molecule has 0 bridgehead atoms. The molecule has 1 aromatic heterocycles. The number of nitrogens with two attached hydrogens (primary N) is 1. The van der Waals surface area contributed by atoms with E-state index in [4.69, 9.17) is 5.73 Å². The van der Waals surface area contributed by atoms with Crippen molar-refractivity contribution < 1.29 is 9.90 Å². The van der Waals surface area contributed by atoms with Gasteiger partial charge in [-0.3, -0.25) is 0 Å². The summed E-state index contributed by atoms with van der Waals surface area (Å²) in [4.78, 5) is 17.3. The molecular weight excluding hydrogens is 258 g/mol. The minimum absolute atomic E-state index is 0.149. The summed E-state index contributed by atoms with van der Waals surface area (Å²) in [6.45, 7) is 0.839. The highest BCUT2D eigenvalue weighted by Gasteiger charge is 2.10. The number of rotatable bonds is 4. The third kappa shape index (κ3) is 2.83. The van der Waals surface area contributed by atoms with E-state index in [9.17, 15) is 9.90 Å².